The second-order valence-corrected chi connectivity index (χ2v) is 11.2. The van der Waals surface area contributed by atoms with Gasteiger partial charge in [0, 0.05) is 44.2 Å². The molecule has 2 aromatic carbocycles. The molecule has 1 aliphatic heterocycles. The Bertz CT molecular complexity index is 1260. The smallest absolute Gasteiger partial charge is 0.307 e. The Morgan fingerprint density at radius 3 is 2.58 bits per heavy atom. The molecule has 3 aliphatic rings. The Hall–Kier alpha value is -3.39. The first-order valence-electron chi connectivity index (χ1n) is 14.1. The van der Waals surface area contributed by atoms with Crippen LogP contribution in [0, 0.1) is 11.8 Å². The van der Waals surface area contributed by atoms with Gasteiger partial charge in [-0.2, -0.15) is 0 Å². The number of methoxy groups -OCH3 is 1. The van der Waals surface area contributed by atoms with E-state index >= 15 is 0 Å². The fourth-order valence-electron chi connectivity index (χ4n) is 5.59. The molecule has 1 saturated heterocycles. The van der Waals surface area contributed by atoms with Crippen LogP contribution in [0.25, 0.3) is 5.57 Å². The number of carboxylic acid groups (broad SMARTS) is 1. The van der Waals surface area contributed by atoms with Crippen molar-refractivity contribution < 1.29 is 28.2 Å². The number of hydrogen-bond acceptors (Lipinski definition) is 5. The number of aliphatic carboxylic acids is 1. The van der Waals surface area contributed by atoms with Crippen molar-refractivity contribution in [2.24, 2.45) is 11.8 Å². The van der Waals surface area contributed by atoms with Gasteiger partial charge < -0.3 is 24.8 Å². The maximum Gasteiger partial charge on any atom is 0.307 e. The average molecular weight is 553 g/mol. The van der Waals surface area contributed by atoms with Gasteiger partial charge in [0.15, 0.2) is 0 Å². The summed E-state index contributed by atoms with van der Waals surface area (Å²) < 4.78 is 38.0. The van der Waals surface area contributed by atoms with Crippen LogP contribution in [-0.4, -0.2) is 50.3 Å². The Kier molecular flexibility index (Phi) is 8.74. The summed E-state index contributed by atoms with van der Waals surface area (Å²) in [4.78, 5) is 13.8. The molecule has 0 bridgehead atoms. The lowest BCUT2D eigenvalue weighted by Gasteiger charge is -2.36. The molecule has 0 unspecified atom stereocenters. The number of piperidine rings is 1. The van der Waals surface area contributed by atoms with Crippen LogP contribution < -0.4 is 19.7 Å². The molecule has 1 saturated carbocycles. The third kappa shape index (κ3) is 7.62. The molecule has 0 radical (unpaired) electrons. The van der Waals surface area contributed by atoms with E-state index < -0.39 is 11.9 Å². The van der Waals surface area contributed by atoms with Crippen LogP contribution in [0.3, 0.4) is 0 Å². The van der Waals surface area contributed by atoms with E-state index in [0.717, 1.165) is 66.2 Å². The number of anilines is 1. The lowest BCUT2D eigenvalue weighted by molar-refractivity contribution is -0.135. The summed E-state index contributed by atoms with van der Waals surface area (Å²) >= 11 is 0. The van der Waals surface area contributed by atoms with Gasteiger partial charge in [0.2, 0.25) is 5.92 Å². The fourth-order valence-corrected chi connectivity index (χ4v) is 5.59. The topological polar surface area (TPSA) is 71.0 Å². The van der Waals surface area contributed by atoms with Gasteiger partial charge in [-0.3, -0.25) is 4.79 Å². The van der Waals surface area contributed by atoms with Gasteiger partial charge in [-0.05, 0) is 78.1 Å². The minimum absolute atomic E-state index is 0.0163. The minimum atomic E-state index is -2.48. The maximum atomic E-state index is 13.2. The highest BCUT2D eigenvalue weighted by atomic mass is 19.3. The Labute approximate surface area is 234 Å². The number of nitrogens with one attached hydrogen (secondary N) is 1. The van der Waals surface area contributed by atoms with E-state index in [-0.39, 0.29) is 25.2 Å². The monoisotopic (exact) mass is 552 g/mol. The third-order valence-electron chi connectivity index (χ3n) is 8.00. The predicted molar refractivity (Wildman–Crippen MR) is 152 cm³/mol. The largest absolute Gasteiger partial charge is 0.497 e. The highest BCUT2D eigenvalue weighted by Crippen LogP contribution is 2.42. The minimum Gasteiger partial charge on any atom is -0.497 e. The standard InChI is InChI=1S/C32H38F2N2O4/c1-39-28-8-7-26(20-35-19-24-17-32(33,34)18-24)30(16-28)36-11-9-23(10-12-36)21-40-29-4-2-3-25(14-29)27(15-31(37)38)13-22-5-6-22/h2-5,7-8,13-14,16,23-24,35H,6,9-12,15,17-21H2,1H3,(H,37,38)/b27-13-. The van der Waals surface area contributed by atoms with Crippen LogP contribution in [0.4, 0.5) is 14.5 Å². The Morgan fingerprint density at radius 1 is 1.12 bits per heavy atom. The Balaban J connectivity index is 1.14. The van der Waals surface area contributed by atoms with Crippen LogP contribution in [0.15, 0.2) is 60.2 Å². The van der Waals surface area contributed by atoms with Crippen molar-refractivity contribution >= 4 is 17.2 Å². The zero-order chi connectivity index (χ0) is 28.1. The van der Waals surface area contributed by atoms with E-state index in [1.165, 1.54) is 5.57 Å². The molecule has 0 atom stereocenters. The van der Waals surface area contributed by atoms with Gasteiger partial charge in [-0.25, -0.2) is 8.78 Å². The fraction of sp³-hybridized carbons (Fsp3) is 0.469. The summed E-state index contributed by atoms with van der Waals surface area (Å²) in [6, 6.07) is 13.8. The molecule has 1 heterocycles. The zero-order valence-corrected chi connectivity index (χ0v) is 23.0. The van der Waals surface area contributed by atoms with E-state index in [9.17, 15) is 18.7 Å². The normalized spacial score (nSPS) is 19.1. The van der Waals surface area contributed by atoms with Crippen LogP contribution in [0.5, 0.6) is 11.5 Å². The van der Waals surface area contributed by atoms with E-state index in [1.54, 1.807) is 7.11 Å². The molecule has 8 heteroatoms. The first kappa shape index (κ1) is 28.1. The number of allylic oxidation sites excluding steroid dienone is 3. The molecule has 0 aromatic heterocycles. The number of rotatable bonds is 13. The van der Waals surface area contributed by atoms with Crippen molar-refractivity contribution in [3.8, 4) is 11.5 Å². The van der Waals surface area contributed by atoms with E-state index in [1.807, 2.05) is 36.4 Å². The number of benzene rings is 2. The molecular formula is C32H38F2N2O4. The molecule has 6 nitrogen and oxygen atoms in total. The van der Waals surface area contributed by atoms with Crippen LogP contribution in [0.2, 0.25) is 0 Å². The van der Waals surface area contributed by atoms with E-state index in [0.29, 0.717) is 25.6 Å². The molecule has 40 heavy (non-hydrogen) atoms. The summed E-state index contributed by atoms with van der Waals surface area (Å²) in [7, 11) is 1.66. The second-order valence-electron chi connectivity index (χ2n) is 11.2. The van der Waals surface area contributed by atoms with Gasteiger partial charge >= 0.3 is 5.97 Å². The summed E-state index contributed by atoms with van der Waals surface area (Å²) in [5.74, 6) is -1.31. The summed E-state index contributed by atoms with van der Waals surface area (Å²) in [6.45, 7) is 3.63. The van der Waals surface area contributed by atoms with Crippen LogP contribution in [0.1, 0.15) is 49.7 Å². The van der Waals surface area contributed by atoms with Gasteiger partial charge in [0.05, 0.1) is 20.1 Å². The van der Waals surface area contributed by atoms with Gasteiger partial charge in [-0.1, -0.05) is 30.4 Å². The number of carbonyl (C=O) groups is 1. The average Bonchev–Trinajstić information content (AvgIpc) is 3.75. The van der Waals surface area contributed by atoms with E-state index in [4.69, 9.17) is 9.47 Å². The molecule has 0 amide bonds. The summed E-state index contributed by atoms with van der Waals surface area (Å²) in [5, 5.41) is 12.7. The molecular weight excluding hydrogens is 514 g/mol. The van der Waals surface area contributed by atoms with Crippen molar-refractivity contribution in [2.75, 3.05) is 38.3 Å². The number of carboxylic acids is 1. The zero-order valence-electron chi connectivity index (χ0n) is 23.0. The molecule has 5 rings (SSSR count). The number of hydrogen-bond donors (Lipinski definition) is 2. The first-order chi connectivity index (χ1) is 19.3. The lowest BCUT2D eigenvalue weighted by Crippen LogP contribution is -2.41. The highest BCUT2D eigenvalue weighted by Gasteiger charge is 2.44. The van der Waals surface area contributed by atoms with Crippen molar-refractivity contribution in [2.45, 2.75) is 51.0 Å². The highest BCUT2D eigenvalue weighted by molar-refractivity contribution is 5.85. The lowest BCUT2D eigenvalue weighted by atomic mass is 9.81. The SMILES string of the molecule is COc1ccc(CNCC2CC(F)(F)C2)c(N2CCC(COc3cccc(/C(=C\C4=CC4)CC(=O)O)c3)CC2)c1. The quantitative estimate of drug-likeness (QED) is 0.303. The van der Waals surface area contributed by atoms with Crippen molar-refractivity contribution in [3.05, 3.63) is 71.3 Å². The summed E-state index contributed by atoms with van der Waals surface area (Å²) in [5.41, 5.74) is 5.12. The molecule has 0 spiro atoms. The van der Waals surface area contributed by atoms with Crippen molar-refractivity contribution in [1.29, 1.82) is 0 Å². The molecule has 2 aromatic rings. The number of halogens is 2. The third-order valence-corrected chi connectivity index (χ3v) is 8.00. The van der Waals surface area contributed by atoms with Gasteiger partial charge in [0.1, 0.15) is 11.5 Å². The Morgan fingerprint density at radius 2 is 1.90 bits per heavy atom. The van der Waals surface area contributed by atoms with Gasteiger partial charge in [0.25, 0.3) is 0 Å². The number of nitrogens with zero attached hydrogens (tertiary/aromatic N) is 1. The van der Waals surface area contributed by atoms with Gasteiger partial charge in [-0.15, -0.1) is 0 Å². The molecule has 2 aliphatic carbocycles. The molecule has 214 valence electrons. The molecule has 2 N–H and O–H groups in total. The number of alkyl halides is 2. The molecule has 2 fully saturated rings. The van der Waals surface area contributed by atoms with E-state index in [2.05, 4.69) is 28.4 Å². The van der Waals surface area contributed by atoms with Crippen molar-refractivity contribution in [1.82, 2.24) is 5.32 Å². The summed E-state index contributed by atoms with van der Waals surface area (Å²) in [6.07, 6.45) is 6.89. The van der Waals surface area contributed by atoms with Crippen LogP contribution >= 0.6 is 0 Å². The van der Waals surface area contributed by atoms with Crippen LogP contribution in [-0.2, 0) is 11.3 Å². The maximum absolute atomic E-state index is 13.2. The van der Waals surface area contributed by atoms with Crippen molar-refractivity contribution in [3.63, 3.8) is 0 Å². The predicted octanol–water partition coefficient (Wildman–Crippen LogP) is 6.31. The second kappa shape index (κ2) is 12.4. The number of ether oxygens (including phenoxy) is 2. The first-order valence-corrected chi connectivity index (χ1v) is 14.1.